The highest BCUT2D eigenvalue weighted by Crippen LogP contribution is 2.33. The maximum Gasteiger partial charge on any atom is 0.0496 e. The maximum atomic E-state index is 3.53. The first-order valence-electron chi connectivity index (χ1n) is 8.57. The summed E-state index contributed by atoms with van der Waals surface area (Å²) in [5, 5.41) is 12.7. The quantitative estimate of drug-likeness (QED) is 0.409. The van der Waals surface area contributed by atoms with Crippen LogP contribution in [0.15, 0.2) is 73.1 Å². The van der Waals surface area contributed by atoms with Gasteiger partial charge in [0, 0.05) is 12.4 Å². The van der Waals surface area contributed by atoms with E-state index in [0.717, 1.165) is 0 Å². The number of fused-ring (bicyclic) bond motifs is 5. The molecule has 0 amide bonds. The Labute approximate surface area is 142 Å². The highest BCUT2D eigenvalue weighted by molar-refractivity contribution is 6.08. The summed E-state index contributed by atoms with van der Waals surface area (Å²) in [6.07, 6.45) is 8.49. The molecule has 0 fully saturated rings. The van der Waals surface area contributed by atoms with Crippen LogP contribution in [0.2, 0.25) is 0 Å². The molecule has 0 aliphatic heterocycles. The number of nitrogens with zero attached hydrogens (tertiary/aromatic N) is 2. The average molecular weight is 312 g/mol. The van der Waals surface area contributed by atoms with Gasteiger partial charge in [0.15, 0.2) is 0 Å². The minimum Gasteiger partial charge on any atom is -0.159 e. The Balaban J connectivity index is 0.000000207. The van der Waals surface area contributed by atoms with Crippen molar-refractivity contribution in [3.63, 3.8) is 0 Å². The maximum absolute atomic E-state index is 3.53. The second-order valence-corrected chi connectivity index (χ2v) is 6.21. The van der Waals surface area contributed by atoms with E-state index < -0.39 is 0 Å². The SMILES string of the molecule is c1ccc2c(c1)ccc1c3c(ccc12)CCCC3.c1ccnnc1. The van der Waals surface area contributed by atoms with Crippen LogP contribution >= 0.6 is 0 Å². The van der Waals surface area contributed by atoms with Gasteiger partial charge in [0.25, 0.3) is 0 Å². The summed E-state index contributed by atoms with van der Waals surface area (Å²) in [5.74, 6) is 0. The van der Waals surface area contributed by atoms with Crippen LogP contribution in [0.3, 0.4) is 0 Å². The lowest BCUT2D eigenvalue weighted by Crippen LogP contribution is -2.02. The number of hydrogen-bond acceptors (Lipinski definition) is 2. The Morgan fingerprint density at radius 2 is 1.33 bits per heavy atom. The molecular formula is C22H20N2. The zero-order valence-corrected chi connectivity index (χ0v) is 13.7. The number of hydrogen-bond donors (Lipinski definition) is 0. The van der Waals surface area contributed by atoms with Gasteiger partial charge in [0.05, 0.1) is 0 Å². The van der Waals surface area contributed by atoms with Gasteiger partial charge in [-0.3, -0.25) is 0 Å². The summed E-state index contributed by atoms with van der Waals surface area (Å²) in [5.41, 5.74) is 3.17. The molecule has 0 bridgehead atoms. The van der Waals surface area contributed by atoms with Gasteiger partial charge in [-0.25, -0.2) is 0 Å². The first-order valence-corrected chi connectivity index (χ1v) is 8.57. The summed E-state index contributed by atoms with van der Waals surface area (Å²) >= 11 is 0. The second kappa shape index (κ2) is 6.79. The molecule has 5 rings (SSSR count). The van der Waals surface area contributed by atoms with Crippen molar-refractivity contribution in [2.45, 2.75) is 25.7 Å². The third kappa shape index (κ3) is 2.88. The lowest BCUT2D eigenvalue weighted by atomic mass is 9.86. The van der Waals surface area contributed by atoms with E-state index in [1.54, 1.807) is 23.5 Å². The molecule has 24 heavy (non-hydrogen) atoms. The second-order valence-electron chi connectivity index (χ2n) is 6.21. The normalized spacial score (nSPS) is 13.2. The molecule has 2 heteroatoms. The standard InChI is InChI=1S/C18H16.C4H4N2/c1-3-7-15-13(5-1)9-11-18-16-8-4-2-6-14(16)10-12-17(15)18;1-2-4-6-5-3-1/h1,3,5,7,9-12H,2,4,6,8H2;1-4H. The molecule has 0 spiro atoms. The molecule has 1 aliphatic rings. The monoisotopic (exact) mass is 312 g/mol. The molecule has 0 saturated heterocycles. The number of aromatic nitrogens is 2. The summed E-state index contributed by atoms with van der Waals surface area (Å²) in [6, 6.07) is 21.6. The zero-order chi connectivity index (χ0) is 16.2. The van der Waals surface area contributed by atoms with Gasteiger partial charge in [-0.15, -0.1) is 0 Å². The molecule has 1 aliphatic carbocycles. The molecule has 3 aromatic carbocycles. The first-order chi connectivity index (χ1) is 11.9. The lowest BCUT2D eigenvalue weighted by molar-refractivity contribution is 0.690. The number of rotatable bonds is 0. The third-order valence-corrected chi connectivity index (χ3v) is 4.74. The molecule has 1 heterocycles. The Kier molecular flexibility index (Phi) is 4.20. The zero-order valence-electron chi connectivity index (χ0n) is 13.7. The molecule has 0 saturated carbocycles. The smallest absolute Gasteiger partial charge is 0.0496 e. The molecule has 0 N–H and O–H groups in total. The van der Waals surface area contributed by atoms with Crippen molar-refractivity contribution in [1.29, 1.82) is 0 Å². The molecule has 2 nitrogen and oxygen atoms in total. The van der Waals surface area contributed by atoms with E-state index in [2.05, 4.69) is 58.7 Å². The van der Waals surface area contributed by atoms with Crippen molar-refractivity contribution < 1.29 is 0 Å². The van der Waals surface area contributed by atoms with Crippen LogP contribution in [0.1, 0.15) is 24.0 Å². The molecule has 0 radical (unpaired) electrons. The van der Waals surface area contributed by atoms with Crippen molar-refractivity contribution in [3.05, 3.63) is 84.2 Å². The van der Waals surface area contributed by atoms with Gasteiger partial charge in [0.2, 0.25) is 0 Å². The van der Waals surface area contributed by atoms with Gasteiger partial charge >= 0.3 is 0 Å². The minimum atomic E-state index is 1.25. The fraction of sp³-hybridized carbons (Fsp3) is 0.182. The fourth-order valence-corrected chi connectivity index (χ4v) is 3.60. The third-order valence-electron chi connectivity index (χ3n) is 4.74. The molecule has 118 valence electrons. The summed E-state index contributed by atoms with van der Waals surface area (Å²) in [6.45, 7) is 0. The highest BCUT2D eigenvalue weighted by atomic mass is 15.1. The number of benzene rings is 3. The summed E-state index contributed by atoms with van der Waals surface area (Å²) in [7, 11) is 0. The van der Waals surface area contributed by atoms with Gasteiger partial charge in [-0.1, -0.05) is 48.5 Å². The fourth-order valence-electron chi connectivity index (χ4n) is 3.60. The highest BCUT2D eigenvalue weighted by Gasteiger charge is 2.13. The Bertz CT molecular complexity index is 935. The summed E-state index contributed by atoms with van der Waals surface area (Å²) < 4.78 is 0. The number of aryl methyl sites for hydroxylation is 2. The Hall–Kier alpha value is -2.74. The molecule has 0 atom stereocenters. The van der Waals surface area contributed by atoms with Crippen molar-refractivity contribution in [2.75, 3.05) is 0 Å². The van der Waals surface area contributed by atoms with E-state index in [1.165, 1.54) is 47.2 Å². The Morgan fingerprint density at radius 1 is 0.583 bits per heavy atom. The van der Waals surface area contributed by atoms with Gasteiger partial charge in [-0.05, 0) is 70.5 Å². The van der Waals surface area contributed by atoms with Gasteiger partial charge in [-0.2, -0.15) is 10.2 Å². The topological polar surface area (TPSA) is 25.8 Å². The minimum absolute atomic E-state index is 1.25. The predicted octanol–water partition coefficient (Wildman–Crippen LogP) is 5.35. The van der Waals surface area contributed by atoms with E-state index in [0.29, 0.717) is 0 Å². The van der Waals surface area contributed by atoms with Crippen molar-refractivity contribution in [2.24, 2.45) is 0 Å². The lowest BCUT2D eigenvalue weighted by Gasteiger charge is -2.18. The van der Waals surface area contributed by atoms with E-state index in [4.69, 9.17) is 0 Å². The van der Waals surface area contributed by atoms with Crippen LogP contribution in [0.5, 0.6) is 0 Å². The van der Waals surface area contributed by atoms with Crippen LogP contribution in [-0.2, 0) is 12.8 Å². The largest absolute Gasteiger partial charge is 0.159 e. The van der Waals surface area contributed by atoms with Crippen LogP contribution in [0, 0.1) is 0 Å². The van der Waals surface area contributed by atoms with Crippen LogP contribution < -0.4 is 0 Å². The van der Waals surface area contributed by atoms with E-state index >= 15 is 0 Å². The van der Waals surface area contributed by atoms with Crippen molar-refractivity contribution >= 4 is 21.5 Å². The molecule has 1 aromatic heterocycles. The summed E-state index contributed by atoms with van der Waals surface area (Å²) in [4.78, 5) is 0. The van der Waals surface area contributed by atoms with Crippen molar-refractivity contribution in [3.8, 4) is 0 Å². The van der Waals surface area contributed by atoms with E-state index in [1.807, 2.05) is 12.1 Å². The predicted molar refractivity (Wildman–Crippen MR) is 100 cm³/mol. The van der Waals surface area contributed by atoms with Gasteiger partial charge in [0.1, 0.15) is 0 Å². The van der Waals surface area contributed by atoms with Gasteiger partial charge < -0.3 is 0 Å². The molecule has 4 aromatic rings. The van der Waals surface area contributed by atoms with E-state index in [9.17, 15) is 0 Å². The first kappa shape index (κ1) is 14.8. The Morgan fingerprint density at radius 3 is 2.12 bits per heavy atom. The van der Waals surface area contributed by atoms with Crippen LogP contribution in [0.4, 0.5) is 0 Å². The van der Waals surface area contributed by atoms with Crippen LogP contribution in [-0.4, -0.2) is 10.2 Å². The molecular weight excluding hydrogens is 292 g/mol. The van der Waals surface area contributed by atoms with E-state index in [-0.39, 0.29) is 0 Å². The molecule has 0 unspecified atom stereocenters. The average Bonchev–Trinajstić information content (AvgIpc) is 2.69. The van der Waals surface area contributed by atoms with Crippen molar-refractivity contribution in [1.82, 2.24) is 10.2 Å². The van der Waals surface area contributed by atoms with Crippen LogP contribution in [0.25, 0.3) is 21.5 Å².